The second-order valence-corrected chi connectivity index (χ2v) is 3.06. The first-order valence-corrected chi connectivity index (χ1v) is 4.12. The standard InChI is InChI=1S/C9H11NO5.ClH/c10-7(9(14)15)8(13)4-1-2-5(11)6(12)3-4;/h1-3,7-8,11-13H,10H2,(H,14,15);1H/t7-,8-;/m0./s1. The molecule has 0 amide bonds. The van der Waals surface area contributed by atoms with Gasteiger partial charge in [-0.3, -0.25) is 4.79 Å². The largest absolute Gasteiger partial charge is 0.504 e. The van der Waals surface area contributed by atoms with E-state index in [1.807, 2.05) is 0 Å². The minimum absolute atomic E-state index is 0. The Morgan fingerprint density at radius 2 is 1.81 bits per heavy atom. The van der Waals surface area contributed by atoms with Crippen LogP contribution in [0.15, 0.2) is 18.2 Å². The van der Waals surface area contributed by atoms with Crippen molar-refractivity contribution in [3.8, 4) is 11.5 Å². The third kappa shape index (κ3) is 2.99. The van der Waals surface area contributed by atoms with Crippen molar-refractivity contribution in [1.29, 1.82) is 0 Å². The van der Waals surface area contributed by atoms with Crippen LogP contribution in [0.4, 0.5) is 0 Å². The lowest BCUT2D eigenvalue weighted by Gasteiger charge is -2.15. The molecule has 7 heteroatoms. The summed E-state index contributed by atoms with van der Waals surface area (Å²) in [6, 6.07) is 2.00. The van der Waals surface area contributed by atoms with E-state index >= 15 is 0 Å². The molecule has 0 aromatic heterocycles. The van der Waals surface area contributed by atoms with Gasteiger partial charge in [-0.2, -0.15) is 0 Å². The molecule has 0 aliphatic rings. The summed E-state index contributed by atoms with van der Waals surface area (Å²) in [5.74, 6) is -2.14. The number of carboxylic acid groups (broad SMARTS) is 1. The van der Waals surface area contributed by atoms with Crippen LogP contribution in [0, 0.1) is 0 Å². The van der Waals surface area contributed by atoms with E-state index in [9.17, 15) is 9.90 Å². The minimum Gasteiger partial charge on any atom is -0.504 e. The van der Waals surface area contributed by atoms with Gasteiger partial charge in [-0.25, -0.2) is 0 Å². The van der Waals surface area contributed by atoms with Gasteiger partial charge in [0, 0.05) is 0 Å². The maximum Gasteiger partial charge on any atom is 0.323 e. The first-order valence-electron chi connectivity index (χ1n) is 4.12. The summed E-state index contributed by atoms with van der Waals surface area (Å²) in [7, 11) is 0. The first-order chi connectivity index (χ1) is 6.93. The number of aromatic hydroxyl groups is 2. The highest BCUT2D eigenvalue weighted by molar-refractivity contribution is 5.85. The van der Waals surface area contributed by atoms with Gasteiger partial charge in [0.05, 0.1) is 0 Å². The number of halogens is 1. The Hall–Kier alpha value is -1.50. The summed E-state index contributed by atoms with van der Waals surface area (Å²) in [5, 5.41) is 36.1. The minimum atomic E-state index is -1.48. The third-order valence-electron chi connectivity index (χ3n) is 1.97. The molecule has 0 spiro atoms. The molecule has 2 atom stereocenters. The summed E-state index contributed by atoms with van der Waals surface area (Å²) in [6.45, 7) is 0. The lowest BCUT2D eigenvalue weighted by atomic mass is 10.0. The summed E-state index contributed by atoms with van der Waals surface area (Å²) in [5.41, 5.74) is 5.31. The van der Waals surface area contributed by atoms with Crippen LogP contribution < -0.4 is 5.73 Å². The Kier molecular flexibility index (Phi) is 5.03. The van der Waals surface area contributed by atoms with Crippen LogP contribution in [0.25, 0.3) is 0 Å². The Balaban J connectivity index is 0.00000225. The molecule has 1 rings (SSSR count). The second kappa shape index (κ2) is 5.55. The molecule has 1 aromatic carbocycles. The van der Waals surface area contributed by atoms with E-state index in [0.29, 0.717) is 0 Å². The number of carbonyl (C=O) groups is 1. The SMILES string of the molecule is Cl.N[C@H](C(=O)O)[C@@H](O)c1ccc(O)c(O)c1. The fraction of sp³-hybridized carbons (Fsp3) is 0.222. The van der Waals surface area contributed by atoms with E-state index < -0.39 is 23.9 Å². The molecule has 0 heterocycles. The van der Waals surface area contributed by atoms with Crippen molar-refractivity contribution in [1.82, 2.24) is 0 Å². The molecular formula is C9H12ClNO5. The maximum atomic E-state index is 10.5. The van der Waals surface area contributed by atoms with Crippen molar-refractivity contribution in [3.63, 3.8) is 0 Å². The third-order valence-corrected chi connectivity index (χ3v) is 1.97. The molecule has 1 aromatic rings. The van der Waals surface area contributed by atoms with E-state index in [2.05, 4.69) is 0 Å². The lowest BCUT2D eigenvalue weighted by Crippen LogP contribution is -2.36. The van der Waals surface area contributed by atoms with Crippen LogP contribution in [-0.2, 0) is 4.79 Å². The van der Waals surface area contributed by atoms with Crippen LogP contribution in [-0.4, -0.2) is 32.4 Å². The van der Waals surface area contributed by atoms with E-state index in [-0.39, 0.29) is 23.7 Å². The summed E-state index contributed by atoms with van der Waals surface area (Å²) in [4.78, 5) is 10.5. The molecule has 0 radical (unpaired) electrons. The molecule has 0 bridgehead atoms. The zero-order valence-electron chi connectivity index (χ0n) is 8.07. The van der Waals surface area contributed by atoms with Crippen LogP contribution in [0.3, 0.4) is 0 Å². The highest BCUT2D eigenvalue weighted by Gasteiger charge is 2.24. The number of hydrogen-bond acceptors (Lipinski definition) is 5. The van der Waals surface area contributed by atoms with Crippen molar-refractivity contribution in [2.45, 2.75) is 12.1 Å². The van der Waals surface area contributed by atoms with Gasteiger partial charge in [0.1, 0.15) is 12.1 Å². The van der Waals surface area contributed by atoms with Gasteiger partial charge < -0.3 is 26.2 Å². The van der Waals surface area contributed by atoms with Crippen LogP contribution in [0.2, 0.25) is 0 Å². The van der Waals surface area contributed by atoms with Gasteiger partial charge >= 0.3 is 5.97 Å². The highest BCUT2D eigenvalue weighted by atomic mass is 35.5. The van der Waals surface area contributed by atoms with Gasteiger partial charge in [-0.05, 0) is 17.7 Å². The van der Waals surface area contributed by atoms with Gasteiger partial charge in [0.25, 0.3) is 0 Å². The lowest BCUT2D eigenvalue weighted by molar-refractivity contribution is -0.141. The number of nitrogens with two attached hydrogens (primary N) is 1. The van der Waals surface area contributed by atoms with Crippen LogP contribution in [0.5, 0.6) is 11.5 Å². The predicted molar refractivity (Wildman–Crippen MR) is 57.6 cm³/mol. The molecule has 0 aliphatic carbocycles. The van der Waals surface area contributed by atoms with Gasteiger partial charge in [-0.15, -0.1) is 12.4 Å². The van der Waals surface area contributed by atoms with Crippen molar-refractivity contribution in [2.75, 3.05) is 0 Å². The average molecular weight is 250 g/mol. The number of phenolic OH excluding ortho intramolecular Hbond substituents is 2. The number of aliphatic carboxylic acids is 1. The maximum absolute atomic E-state index is 10.5. The number of carboxylic acids is 1. The molecule has 16 heavy (non-hydrogen) atoms. The van der Waals surface area contributed by atoms with Crippen molar-refractivity contribution in [2.24, 2.45) is 5.73 Å². The molecule has 90 valence electrons. The van der Waals surface area contributed by atoms with Crippen LogP contribution in [0.1, 0.15) is 11.7 Å². The van der Waals surface area contributed by atoms with Crippen molar-refractivity contribution < 1.29 is 25.2 Å². The smallest absolute Gasteiger partial charge is 0.323 e. The quantitative estimate of drug-likeness (QED) is 0.479. The van der Waals surface area contributed by atoms with E-state index in [1.165, 1.54) is 6.07 Å². The van der Waals surface area contributed by atoms with E-state index in [0.717, 1.165) is 12.1 Å². The van der Waals surface area contributed by atoms with E-state index in [1.54, 1.807) is 0 Å². The van der Waals surface area contributed by atoms with Gasteiger partial charge in [-0.1, -0.05) is 6.07 Å². The molecule has 0 saturated carbocycles. The second-order valence-electron chi connectivity index (χ2n) is 3.06. The van der Waals surface area contributed by atoms with Crippen molar-refractivity contribution in [3.05, 3.63) is 23.8 Å². The first kappa shape index (κ1) is 14.5. The van der Waals surface area contributed by atoms with Gasteiger partial charge in [0.15, 0.2) is 11.5 Å². The molecular weight excluding hydrogens is 238 g/mol. The number of aliphatic hydroxyl groups excluding tert-OH is 1. The normalized spacial score (nSPS) is 13.6. The van der Waals surface area contributed by atoms with Crippen LogP contribution >= 0.6 is 12.4 Å². The molecule has 0 saturated heterocycles. The zero-order chi connectivity index (χ0) is 11.6. The highest BCUT2D eigenvalue weighted by Crippen LogP contribution is 2.28. The Bertz CT molecular complexity index is 384. The Morgan fingerprint density at radius 3 is 2.25 bits per heavy atom. The Labute approximate surface area is 97.4 Å². The number of aliphatic hydroxyl groups is 1. The zero-order valence-corrected chi connectivity index (χ0v) is 8.89. The topological polar surface area (TPSA) is 124 Å². The monoisotopic (exact) mass is 249 g/mol. The number of phenols is 2. The van der Waals surface area contributed by atoms with Gasteiger partial charge in [0.2, 0.25) is 0 Å². The molecule has 0 aliphatic heterocycles. The molecule has 6 nitrogen and oxygen atoms in total. The fourth-order valence-electron chi connectivity index (χ4n) is 1.07. The average Bonchev–Trinajstić information content (AvgIpc) is 2.19. The van der Waals surface area contributed by atoms with Crippen molar-refractivity contribution >= 4 is 18.4 Å². The number of benzene rings is 1. The molecule has 6 N–H and O–H groups in total. The Morgan fingerprint density at radius 1 is 1.25 bits per heavy atom. The molecule has 0 unspecified atom stereocenters. The summed E-state index contributed by atoms with van der Waals surface area (Å²) in [6.07, 6.45) is -1.44. The summed E-state index contributed by atoms with van der Waals surface area (Å²) < 4.78 is 0. The fourth-order valence-corrected chi connectivity index (χ4v) is 1.07. The number of rotatable bonds is 3. The summed E-state index contributed by atoms with van der Waals surface area (Å²) >= 11 is 0. The predicted octanol–water partition coefficient (Wildman–Crippen LogP) is -0.0351. The number of hydrogen-bond donors (Lipinski definition) is 5. The molecule has 0 fully saturated rings. The van der Waals surface area contributed by atoms with E-state index in [4.69, 9.17) is 21.1 Å².